The van der Waals surface area contributed by atoms with E-state index in [9.17, 15) is 19.8 Å². The summed E-state index contributed by atoms with van der Waals surface area (Å²) in [5.41, 5.74) is 0.0333. The van der Waals surface area contributed by atoms with Crippen molar-refractivity contribution in [2.24, 2.45) is 5.92 Å². The lowest BCUT2D eigenvalue weighted by molar-refractivity contribution is -0.895. The second kappa shape index (κ2) is 6.11. The van der Waals surface area contributed by atoms with Crippen molar-refractivity contribution in [2.45, 2.75) is 38.3 Å². The predicted octanol–water partition coefficient (Wildman–Crippen LogP) is -0.467. The summed E-state index contributed by atoms with van der Waals surface area (Å²) in [6, 6.07) is -0.213. The Bertz CT molecular complexity index is 554. The van der Waals surface area contributed by atoms with Crippen LogP contribution in [0.2, 0.25) is 0 Å². The largest absolute Gasteiger partial charge is 0.543 e. The smallest absolute Gasteiger partial charge is 0.235 e. The summed E-state index contributed by atoms with van der Waals surface area (Å²) < 4.78 is 1.04. The van der Waals surface area contributed by atoms with Crippen LogP contribution in [0.25, 0.3) is 0 Å². The Morgan fingerprint density at radius 2 is 2.13 bits per heavy atom. The number of hydrogen-bond acceptors (Lipinski definition) is 5. The normalized spacial score (nSPS) is 30.4. The molecule has 7 heteroatoms. The standard InChI is InChI=1S/C16H24N2O4S/c1-10(19)13-11-9-12(14(16(21)22)17(11)15(13)20)23-8-7-18(2)5-3-4-6-18/h10-11,13,19H,3-9H2,1-2H3/t10-,11?,13?/m1/s1. The highest BCUT2D eigenvalue weighted by Crippen LogP contribution is 2.46. The van der Waals surface area contributed by atoms with Crippen molar-refractivity contribution in [3.05, 3.63) is 10.6 Å². The number of nitrogens with zero attached hydrogens (tertiary/aromatic N) is 2. The molecule has 3 rings (SSSR count). The molecule has 3 aliphatic heterocycles. The fraction of sp³-hybridized carbons (Fsp3) is 0.750. The molecule has 0 radical (unpaired) electrons. The van der Waals surface area contributed by atoms with E-state index in [2.05, 4.69) is 7.05 Å². The predicted molar refractivity (Wildman–Crippen MR) is 84.9 cm³/mol. The fourth-order valence-corrected chi connectivity index (χ4v) is 5.45. The van der Waals surface area contributed by atoms with Crippen LogP contribution in [-0.4, -0.2) is 70.9 Å². The molecule has 3 aliphatic rings. The molecule has 1 N–H and O–H groups in total. The Morgan fingerprint density at radius 3 is 2.70 bits per heavy atom. The van der Waals surface area contributed by atoms with Crippen LogP contribution in [0.1, 0.15) is 26.2 Å². The third-order valence-electron chi connectivity index (χ3n) is 5.43. The average molecular weight is 340 g/mol. The van der Waals surface area contributed by atoms with Gasteiger partial charge in [0.2, 0.25) is 5.91 Å². The van der Waals surface area contributed by atoms with Crippen LogP contribution in [0.15, 0.2) is 10.6 Å². The third kappa shape index (κ3) is 2.90. The van der Waals surface area contributed by atoms with Crippen LogP contribution < -0.4 is 5.11 Å². The summed E-state index contributed by atoms with van der Waals surface area (Å²) in [5, 5.41) is 21.2. The molecule has 128 valence electrons. The minimum atomic E-state index is -1.28. The maximum absolute atomic E-state index is 12.1. The Balaban J connectivity index is 1.66. The Labute approximate surface area is 140 Å². The van der Waals surface area contributed by atoms with Crippen LogP contribution in [0.4, 0.5) is 0 Å². The number of rotatable bonds is 6. The van der Waals surface area contributed by atoms with Gasteiger partial charge in [0.15, 0.2) is 0 Å². The van der Waals surface area contributed by atoms with Gasteiger partial charge >= 0.3 is 0 Å². The van der Waals surface area contributed by atoms with Gasteiger partial charge in [0, 0.05) is 29.9 Å². The quantitative estimate of drug-likeness (QED) is 0.522. The molecule has 0 saturated carbocycles. The van der Waals surface area contributed by atoms with Crippen molar-refractivity contribution in [3.63, 3.8) is 0 Å². The van der Waals surface area contributed by atoms with E-state index in [-0.39, 0.29) is 17.6 Å². The van der Waals surface area contributed by atoms with Gasteiger partial charge in [-0.1, -0.05) is 0 Å². The number of carbonyl (C=O) groups is 2. The van der Waals surface area contributed by atoms with Crippen LogP contribution in [0.3, 0.4) is 0 Å². The van der Waals surface area contributed by atoms with Gasteiger partial charge in [-0.05, 0) is 6.92 Å². The number of amides is 1. The summed E-state index contributed by atoms with van der Waals surface area (Å²) in [6.45, 7) is 4.96. The van der Waals surface area contributed by atoms with Gasteiger partial charge in [0.05, 0.1) is 56.4 Å². The number of carboxylic acids is 1. The van der Waals surface area contributed by atoms with Gasteiger partial charge < -0.3 is 24.4 Å². The second-order valence-corrected chi connectivity index (χ2v) is 8.34. The molecule has 1 amide bonds. The van der Waals surface area contributed by atoms with E-state index in [1.165, 1.54) is 42.6 Å². The number of aliphatic carboxylic acids is 1. The Morgan fingerprint density at radius 1 is 1.48 bits per heavy atom. The molecule has 3 atom stereocenters. The van der Waals surface area contributed by atoms with E-state index >= 15 is 0 Å². The van der Waals surface area contributed by atoms with Gasteiger partial charge in [-0.25, -0.2) is 0 Å². The van der Waals surface area contributed by atoms with Crippen LogP contribution >= 0.6 is 11.8 Å². The molecule has 0 aromatic rings. The maximum Gasteiger partial charge on any atom is 0.235 e. The Kier molecular flexibility index (Phi) is 4.46. The number of aliphatic hydroxyl groups excluding tert-OH is 1. The number of likely N-dealkylation sites (tertiary alicyclic amines) is 1. The molecule has 2 saturated heterocycles. The van der Waals surface area contributed by atoms with E-state index < -0.39 is 18.0 Å². The second-order valence-electron chi connectivity index (χ2n) is 7.15. The molecule has 2 unspecified atom stereocenters. The van der Waals surface area contributed by atoms with Crippen molar-refractivity contribution < 1.29 is 24.3 Å². The molecule has 2 fully saturated rings. The minimum Gasteiger partial charge on any atom is -0.543 e. The van der Waals surface area contributed by atoms with Crippen molar-refractivity contribution in [2.75, 3.05) is 32.4 Å². The maximum atomic E-state index is 12.1. The van der Waals surface area contributed by atoms with Gasteiger partial charge in [0.25, 0.3) is 0 Å². The van der Waals surface area contributed by atoms with E-state index in [1.54, 1.807) is 6.92 Å². The van der Waals surface area contributed by atoms with E-state index in [0.29, 0.717) is 6.42 Å². The number of aliphatic hydroxyl groups is 1. The van der Waals surface area contributed by atoms with Crippen molar-refractivity contribution in [1.82, 2.24) is 4.90 Å². The summed E-state index contributed by atoms with van der Waals surface area (Å²) in [5.74, 6) is -1.21. The van der Waals surface area contributed by atoms with Crippen molar-refractivity contribution in [3.8, 4) is 0 Å². The SMILES string of the molecule is C[C@@H](O)C1C(=O)N2C(C(=O)[O-])=C(SCC[N+]3(C)CCCC3)CC12. The summed E-state index contributed by atoms with van der Waals surface area (Å²) in [4.78, 5) is 25.6. The molecule has 6 nitrogen and oxygen atoms in total. The number of fused-ring (bicyclic) bond motifs is 1. The molecule has 23 heavy (non-hydrogen) atoms. The topological polar surface area (TPSA) is 80.7 Å². The zero-order valence-corrected chi connectivity index (χ0v) is 14.5. The number of hydrogen-bond donors (Lipinski definition) is 1. The number of thioether (sulfide) groups is 1. The summed E-state index contributed by atoms with van der Waals surface area (Å²) in [7, 11) is 2.25. The molecule has 0 aliphatic carbocycles. The third-order valence-corrected chi connectivity index (χ3v) is 6.53. The van der Waals surface area contributed by atoms with Crippen molar-refractivity contribution >= 4 is 23.6 Å². The number of carboxylic acid groups (broad SMARTS) is 1. The first kappa shape index (κ1) is 16.8. The van der Waals surface area contributed by atoms with Crippen molar-refractivity contribution in [1.29, 1.82) is 0 Å². The number of β-lactam (4-membered cyclic amide) rings is 1. The van der Waals surface area contributed by atoms with Gasteiger partial charge in [0.1, 0.15) is 0 Å². The van der Waals surface area contributed by atoms with E-state index in [0.717, 1.165) is 21.7 Å². The molecule has 0 spiro atoms. The molecule has 0 aromatic heterocycles. The minimum absolute atomic E-state index is 0.0333. The zero-order valence-electron chi connectivity index (χ0n) is 13.7. The van der Waals surface area contributed by atoms with Gasteiger partial charge in [-0.15, -0.1) is 11.8 Å². The van der Waals surface area contributed by atoms with Crippen LogP contribution in [0.5, 0.6) is 0 Å². The molecule has 3 heterocycles. The van der Waals surface area contributed by atoms with Gasteiger partial charge in [-0.3, -0.25) is 4.79 Å². The monoisotopic (exact) mass is 340 g/mol. The van der Waals surface area contributed by atoms with E-state index in [4.69, 9.17) is 0 Å². The lowest BCUT2D eigenvalue weighted by Crippen LogP contribution is -2.62. The lowest BCUT2D eigenvalue weighted by atomic mass is 9.83. The first-order chi connectivity index (χ1) is 10.8. The molecular formula is C16H24N2O4S. The number of carbonyl (C=O) groups excluding carboxylic acids is 2. The highest BCUT2D eigenvalue weighted by molar-refractivity contribution is 8.03. The molecule has 0 aromatic carbocycles. The molecular weight excluding hydrogens is 316 g/mol. The zero-order chi connectivity index (χ0) is 16.8. The first-order valence-electron chi connectivity index (χ1n) is 8.26. The van der Waals surface area contributed by atoms with Gasteiger partial charge in [-0.2, -0.15) is 0 Å². The average Bonchev–Trinajstić information content (AvgIpc) is 3.01. The molecule has 0 bridgehead atoms. The van der Waals surface area contributed by atoms with Crippen LogP contribution in [0, 0.1) is 5.92 Å². The Hall–Kier alpha value is -1.05. The summed E-state index contributed by atoms with van der Waals surface area (Å²) in [6.07, 6.45) is 2.30. The lowest BCUT2D eigenvalue weighted by Gasteiger charge is -2.45. The van der Waals surface area contributed by atoms with Crippen LogP contribution in [-0.2, 0) is 9.59 Å². The number of quaternary nitrogens is 1. The first-order valence-corrected chi connectivity index (χ1v) is 9.24. The highest BCUT2D eigenvalue weighted by atomic mass is 32.2. The highest BCUT2D eigenvalue weighted by Gasteiger charge is 2.55. The fourth-order valence-electron chi connectivity index (χ4n) is 4.06. The van der Waals surface area contributed by atoms with E-state index in [1.807, 2.05) is 0 Å². The summed E-state index contributed by atoms with van der Waals surface area (Å²) >= 11 is 1.54.